The predicted octanol–water partition coefficient (Wildman–Crippen LogP) is 1.55. The van der Waals surface area contributed by atoms with Crippen LogP contribution >= 0.6 is 0 Å². The molecule has 0 unspecified atom stereocenters. The lowest BCUT2D eigenvalue weighted by atomic mass is 10.3. The van der Waals surface area contributed by atoms with Crippen molar-refractivity contribution in [2.75, 3.05) is 39.3 Å². The molecule has 1 amide bonds. The summed E-state index contributed by atoms with van der Waals surface area (Å²) in [5, 5.41) is 5.95. The number of fused-ring (bicyclic) bond motifs is 1. The van der Waals surface area contributed by atoms with Gasteiger partial charge in [0.1, 0.15) is 5.69 Å². The second-order valence-corrected chi connectivity index (χ2v) is 5.97. The van der Waals surface area contributed by atoms with Crippen LogP contribution in [-0.2, 0) is 0 Å². The maximum Gasteiger partial charge on any atom is 0.270 e. The molecule has 0 saturated heterocycles. The summed E-state index contributed by atoms with van der Waals surface area (Å²) in [6.07, 6.45) is 0. The van der Waals surface area contributed by atoms with Gasteiger partial charge in [-0.15, -0.1) is 0 Å². The highest BCUT2D eigenvalue weighted by Gasteiger charge is 2.15. The molecule has 2 N–H and O–H groups in total. The van der Waals surface area contributed by atoms with Crippen LogP contribution in [0.25, 0.3) is 0 Å². The minimum Gasteiger partial charge on any atom is -0.454 e. The van der Waals surface area contributed by atoms with Crippen LogP contribution in [0.5, 0.6) is 11.5 Å². The number of nitrogens with zero attached hydrogens (tertiary/aromatic N) is 3. The molecule has 1 aromatic carbocycles. The molecule has 132 valence electrons. The molecule has 0 atom stereocenters. The van der Waals surface area contributed by atoms with Crippen LogP contribution in [0.1, 0.15) is 16.2 Å². The van der Waals surface area contributed by atoms with Crippen molar-refractivity contribution in [2.45, 2.75) is 6.92 Å². The topological polar surface area (TPSA) is 88.6 Å². The summed E-state index contributed by atoms with van der Waals surface area (Å²) in [5.41, 5.74) is 1.79. The highest BCUT2D eigenvalue weighted by Crippen LogP contribution is 2.34. The van der Waals surface area contributed by atoms with Crippen molar-refractivity contribution in [3.05, 3.63) is 35.7 Å². The van der Waals surface area contributed by atoms with Crippen molar-refractivity contribution in [1.82, 2.24) is 20.2 Å². The van der Waals surface area contributed by atoms with Gasteiger partial charge in [-0.25, -0.2) is 9.97 Å². The first-order chi connectivity index (χ1) is 12.0. The zero-order valence-corrected chi connectivity index (χ0v) is 14.5. The highest BCUT2D eigenvalue weighted by molar-refractivity contribution is 5.92. The normalized spacial score (nSPS) is 12.3. The number of amides is 1. The van der Waals surface area contributed by atoms with E-state index in [1.165, 1.54) is 0 Å². The van der Waals surface area contributed by atoms with Gasteiger partial charge in [-0.05, 0) is 39.2 Å². The molecule has 3 rings (SSSR count). The quantitative estimate of drug-likeness (QED) is 0.822. The van der Waals surface area contributed by atoms with Gasteiger partial charge >= 0.3 is 0 Å². The lowest BCUT2D eigenvalue weighted by Gasteiger charge is -2.11. The van der Waals surface area contributed by atoms with Crippen LogP contribution in [0, 0.1) is 6.92 Å². The maximum atomic E-state index is 12.3. The second-order valence-electron chi connectivity index (χ2n) is 5.97. The van der Waals surface area contributed by atoms with E-state index in [9.17, 15) is 4.79 Å². The van der Waals surface area contributed by atoms with Gasteiger partial charge in [-0.3, -0.25) is 4.79 Å². The van der Waals surface area contributed by atoms with E-state index in [2.05, 4.69) is 20.6 Å². The molecule has 1 aliphatic heterocycles. The summed E-state index contributed by atoms with van der Waals surface area (Å²) >= 11 is 0. The Bertz CT molecular complexity index is 779. The number of aromatic nitrogens is 2. The number of benzene rings is 1. The van der Waals surface area contributed by atoms with Crippen molar-refractivity contribution in [3.8, 4) is 11.5 Å². The van der Waals surface area contributed by atoms with Gasteiger partial charge in [-0.1, -0.05) is 0 Å². The molecule has 8 heteroatoms. The molecule has 1 aromatic heterocycles. The zero-order valence-electron chi connectivity index (χ0n) is 14.5. The Labute approximate surface area is 146 Å². The van der Waals surface area contributed by atoms with Crippen LogP contribution in [-0.4, -0.2) is 54.8 Å². The molecule has 2 heterocycles. The van der Waals surface area contributed by atoms with Gasteiger partial charge in [0.05, 0.1) is 0 Å². The Hall–Kier alpha value is -2.87. The molecule has 0 saturated carbocycles. The fourth-order valence-electron chi connectivity index (χ4n) is 2.33. The lowest BCUT2D eigenvalue weighted by molar-refractivity contribution is 0.0946. The Morgan fingerprint density at radius 2 is 2.00 bits per heavy atom. The molecular formula is C17H21N5O3. The first kappa shape index (κ1) is 17.0. The van der Waals surface area contributed by atoms with Crippen molar-refractivity contribution < 1.29 is 14.3 Å². The Balaban J connectivity index is 1.72. The number of likely N-dealkylation sites (N-methyl/N-ethyl adjacent to an activating group) is 1. The molecular weight excluding hydrogens is 322 g/mol. The van der Waals surface area contributed by atoms with E-state index >= 15 is 0 Å². The minimum atomic E-state index is -0.221. The van der Waals surface area contributed by atoms with Crippen LogP contribution in [0.3, 0.4) is 0 Å². The Kier molecular flexibility index (Phi) is 4.99. The average Bonchev–Trinajstić information content (AvgIpc) is 3.01. The summed E-state index contributed by atoms with van der Waals surface area (Å²) in [4.78, 5) is 22.9. The Morgan fingerprint density at radius 1 is 1.20 bits per heavy atom. The summed E-state index contributed by atoms with van der Waals surface area (Å²) in [6.45, 7) is 3.36. The van der Waals surface area contributed by atoms with Crippen molar-refractivity contribution >= 4 is 17.5 Å². The largest absolute Gasteiger partial charge is 0.454 e. The first-order valence-corrected chi connectivity index (χ1v) is 7.96. The van der Waals surface area contributed by atoms with Gasteiger partial charge in [0.25, 0.3) is 5.91 Å². The summed E-state index contributed by atoms with van der Waals surface area (Å²) in [7, 11) is 3.91. The molecule has 0 aliphatic carbocycles. The third-order valence-electron chi connectivity index (χ3n) is 3.56. The van der Waals surface area contributed by atoms with Crippen LogP contribution in [0.2, 0.25) is 0 Å². The monoisotopic (exact) mass is 343 g/mol. The number of aryl methyl sites for hydroxylation is 1. The molecule has 0 radical (unpaired) electrons. The molecule has 0 spiro atoms. The number of ether oxygens (including phenoxy) is 2. The summed E-state index contributed by atoms with van der Waals surface area (Å²) in [5.74, 6) is 1.51. The number of nitrogens with one attached hydrogen (secondary N) is 2. The molecule has 0 bridgehead atoms. The minimum absolute atomic E-state index is 0.219. The lowest BCUT2D eigenvalue weighted by Crippen LogP contribution is -2.32. The van der Waals surface area contributed by atoms with Crippen molar-refractivity contribution in [2.24, 2.45) is 0 Å². The van der Waals surface area contributed by atoms with Gasteiger partial charge < -0.3 is 25.0 Å². The van der Waals surface area contributed by atoms with Crippen LogP contribution in [0.15, 0.2) is 24.3 Å². The SMILES string of the molecule is Cc1cc(C(=O)NCCN(C)C)nc(Nc2ccc3c(c2)OCO3)n1. The Morgan fingerprint density at radius 3 is 2.80 bits per heavy atom. The van der Waals surface area contributed by atoms with Crippen LogP contribution in [0.4, 0.5) is 11.6 Å². The van der Waals surface area contributed by atoms with E-state index in [0.29, 0.717) is 35.4 Å². The van der Waals surface area contributed by atoms with E-state index in [1.807, 2.05) is 44.1 Å². The van der Waals surface area contributed by atoms with Gasteiger partial charge in [0.15, 0.2) is 11.5 Å². The number of rotatable bonds is 6. The number of anilines is 2. The number of carbonyl (C=O) groups is 1. The average molecular weight is 343 g/mol. The molecule has 1 aliphatic rings. The van der Waals surface area contributed by atoms with Gasteiger partial charge in [0, 0.05) is 30.5 Å². The predicted molar refractivity (Wildman–Crippen MR) is 93.5 cm³/mol. The number of carbonyl (C=O) groups excluding carboxylic acids is 1. The summed E-state index contributed by atoms with van der Waals surface area (Å²) in [6, 6.07) is 7.13. The maximum absolute atomic E-state index is 12.3. The fraction of sp³-hybridized carbons (Fsp3) is 0.353. The van der Waals surface area contributed by atoms with E-state index in [4.69, 9.17) is 9.47 Å². The third-order valence-corrected chi connectivity index (χ3v) is 3.56. The van der Waals surface area contributed by atoms with Gasteiger partial charge in [0.2, 0.25) is 12.7 Å². The highest BCUT2D eigenvalue weighted by atomic mass is 16.7. The second kappa shape index (κ2) is 7.35. The number of hydrogen-bond acceptors (Lipinski definition) is 7. The first-order valence-electron chi connectivity index (χ1n) is 7.96. The van der Waals surface area contributed by atoms with E-state index in [0.717, 1.165) is 12.2 Å². The van der Waals surface area contributed by atoms with Crippen molar-refractivity contribution in [3.63, 3.8) is 0 Å². The van der Waals surface area contributed by atoms with E-state index < -0.39 is 0 Å². The third kappa shape index (κ3) is 4.36. The summed E-state index contributed by atoms with van der Waals surface area (Å²) < 4.78 is 10.6. The molecule has 0 fully saturated rings. The smallest absolute Gasteiger partial charge is 0.270 e. The van der Waals surface area contributed by atoms with E-state index in [1.54, 1.807) is 6.07 Å². The molecule has 8 nitrogen and oxygen atoms in total. The van der Waals surface area contributed by atoms with Crippen molar-refractivity contribution in [1.29, 1.82) is 0 Å². The standard InChI is InChI=1S/C17H21N5O3/c1-11-8-13(16(23)18-6-7-22(2)3)21-17(19-11)20-12-4-5-14-15(9-12)25-10-24-14/h4-5,8-9H,6-7,10H2,1-3H3,(H,18,23)(H,19,20,21). The molecule has 2 aromatic rings. The fourth-order valence-corrected chi connectivity index (χ4v) is 2.33. The zero-order chi connectivity index (χ0) is 17.8. The van der Waals surface area contributed by atoms with Gasteiger partial charge in [-0.2, -0.15) is 0 Å². The van der Waals surface area contributed by atoms with E-state index in [-0.39, 0.29) is 12.7 Å². The van der Waals surface area contributed by atoms with Crippen LogP contribution < -0.4 is 20.1 Å². The molecule has 25 heavy (non-hydrogen) atoms. The number of hydrogen-bond donors (Lipinski definition) is 2.